The first kappa shape index (κ1) is 12.9. The van der Waals surface area contributed by atoms with Crippen LogP contribution >= 0.6 is 15.9 Å². The van der Waals surface area contributed by atoms with Crippen molar-refractivity contribution in [2.24, 2.45) is 0 Å². The number of hydrogen-bond donors (Lipinski definition) is 0. The van der Waals surface area contributed by atoms with E-state index in [9.17, 15) is 0 Å². The Morgan fingerprint density at radius 1 is 1.24 bits per heavy atom. The fourth-order valence-corrected chi connectivity index (χ4v) is 2.45. The maximum absolute atomic E-state index is 5.21. The highest BCUT2D eigenvalue weighted by atomic mass is 79.9. The molecule has 1 saturated heterocycles. The van der Waals surface area contributed by atoms with Gasteiger partial charge in [-0.05, 0) is 30.8 Å². The summed E-state index contributed by atoms with van der Waals surface area (Å²) in [4.78, 5) is 4.80. The molecule has 0 saturated carbocycles. The van der Waals surface area contributed by atoms with Crippen molar-refractivity contribution in [2.45, 2.75) is 6.61 Å². The van der Waals surface area contributed by atoms with Crippen LogP contribution in [-0.2, 0) is 11.3 Å². The average molecular weight is 299 g/mol. The molecule has 4 heteroatoms. The Morgan fingerprint density at radius 2 is 1.94 bits per heavy atom. The van der Waals surface area contributed by atoms with Crippen LogP contribution < -0.4 is 4.90 Å². The molecule has 3 nitrogen and oxygen atoms in total. The summed E-state index contributed by atoms with van der Waals surface area (Å²) in [7, 11) is 3.91. The van der Waals surface area contributed by atoms with Crippen molar-refractivity contribution in [1.82, 2.24) is 4.90 Å². The number of anilines is 1. The third-order valence-electron chi connectivity index (χ3n) is 3.20. The molecule has 0 spiro atoms. The molecule has 1 heterocycles. The summed E-state index contributed by atoms with van der Waals surface area (Å²) < 4.78 is 6.33. The molecular formula is C13H19BrN2O. The molecule has 0 bridgehead atoms. The highest BCUT2D eigenvalue weighted by Crippen LogP contribution is 2.25. The van der Waals surface area contributed by atoms with Crippen LogP contribution in [0, 0.1) is 0 Å². The molecule has 2 rings (SSSR count). The van der Waals surface area contributed by atoms with Gasteiger partial charge in [0.2, 0.25) is 0 Å². The van der Waals surface area contributed by atoms with Gasteiger partial charge in [-0.2, -0.15) is 0 Å². The summed E-state index contributed by atoms with van der Waals surface area (Å²) in [5, 5.41) is 0. The van der Waals surface area contributed by atoms with E-state index in [0.29, 0.717) is 6.61 Å². The predicted octanol–water partition coefficient (Wildman–Crippen LogP) is 2.35. The van der Waals surface area contributed by atoms with Crippen molar-refractivity contribution in [3.05, 3.63) is 28.2 Å². The van der Waals surface area contributed by atoms with E-state index in [-0.39, 0.29) is 0 Å². The lowest BCUT2D eigenvalue weighted by Gasteiger charge is -2.34. The Labute approximate surface area is 111 Å². The minimum atomic E-state index is 0.655. The summed E-state index contributed by atoms with van der Waals surface area (Å²) in [6, 6.07) is 6.51. The fraction of sp³-hybridized carbons (Fsp3) is 0.538. The smallest absolute Gasteiger partial charge is 0.0724 e. The second-order valence-corrected chi connectivity index (χ2v) is 5.35. The van der Waals surface area contributed by atoms with Gasteiger partial charge in [0.1, 0.15) is 0 Å². The van der Waals surface area contributed by atoms with Gasteiger partial charge in [0.15, 0.2) is 0 Å². The third-order valence-corrected chi connectivity index (χ3v) is 3.97. The first-order valence-electron chi connectivity index (χ1n) is 5.91. The van der Waals surface area contributed by atoms with Crippen LogP contribution in [0.15, 0.2) is 22.7 Å². The van der Waals surface area contributed by atoms with Gasteiger partial charge >= 0.3 is 0 Å². The largest absolute Gasteiger partial charge is 0.380 e. The van der Waals surface area contributed by atoms with Crippen LogP contribution in [-0.4, -0.2) is 45.2 Å². The first-order chi connectivity index (χ1) is 8.20. The minimum absolute atomic E-state index is 0.655. The zero-order chi connectivity index (χ0) is 12.3. The lowest BCUT2D eigenvalue weighted by molar-refractivity contribution is 0.184. The second-order valence-electron chi connectivity index (χ2n) is 4.50. The van der Waals surface area contributed by atoms with Crippen molar-refractivity contribution in [3.8, 4) is 0 Å². The summed E-state index contributed by atoms with van der Waals surface area (Å²) in [6.07, 6.45) is 0. The van der Waals surface area contributed by atoms with Gasteiger partial charge in [0.25, 0.3) is 0 Å². The highest BCUT2D eigenvalue weighted by Gasteiger charge is 2.15. The molecule has 0 N–H and O–H groups in total. The lowest BCUT2D eigenvalue weighted by Crippen LogP contribution is -2.44. The van der Waals surface area contributed by atoms with E-state index >= 15 is 0 Å². The molecule has 1 aliphatic heterocycles. The van der Waals surface area contributed by atoms with Crippen LogP contribution in [0.5, 0.6) is 0 Å². The molecule has 1 aromatic carbocycles. The lowest BCUT2D eigenvalue weighted by atomic mass is 10.2. The molecule has 0 unspecified atom stereocenters. The van der Waals surface area contributed by atoms with Gasteiger partial charge in [-0.3, -0.25) is 0 Å². The van der Waals surface area contributed by atoms with Gasteiger partial charge in [0, 0.05) is 43.4 Å². The Hall–Kier alpha value is -0.580. The van der Waals surface area contributed by atoms with E-state index in [1.54, 1.807) is 7.11 Å². The molecule has 1 fully saturated rings. The molecular weight excluding hydrogens is 280 g/mol. The van der Waals surface area contributed by atoms with Gasteiger partial charge in [-0.25, -0.2) is 0 Å². The maximum Gasteiger partial charge on any atom is 0.0724 e. The second kappa shape index (κ2) is 5.85. The van der Waals surface area contributed by atoms with Crippen molar-refractivity contribution in [2.75, 3.05) is 45.2 Å². The Bertz CT molecular complexity index is 376. The number of halogens is 1. The standard InChI is InChI=1S/C13H19BrN2O/c1-15-5-7-16(8-6-15)12-3-4-13(14)11(9-12)10-17-2/h3-4,9H,5-8,10H2,1-2H3. The predicted molar refractivity (Wildman–Crippen MR) is 74.6 cm³/mol. The topological polar surface area (TPSA) is 15.7 Å². The Balaban J connectivity index is 2.12. The van der Waals surface area contributed by atoms with Gasteiger partial charge in [-0.1, -0.05) is 15.9 Å². The van der Waals surface area contributed by atoms with E-state index < -0.39 is 0 Å². The van der Waals surface area contributed by atoms with Crippen molar-refractivity contribution in [1.29, 1.82) is 0 Å². The SMILES string of the molecule is COCc1cc(N2CCN(C)CC2)ccc1Br. The third kappa shape index (κ3) is 3.21. The molecule has 94 valence electrons. The zero-order valence-corrected chi connectivity index (χ0v) is 12.0. The zero-order valence-electron chi connectivity index (χ0n) is 10.4. The normalized spacial score (nSPS) is 17.5. The van der Waals surface area contributed by atoms with Crippen LogP contribution in [0.2, 0.25) is 0 Å². The number of methoxy groups -OCH3 is 1. The van der Waals surface area contributed by atoms with E-state index in [2.05, 4.69) is 51.0 Å². The summed E-state index contributed by atoms with van der Waals surface area (Å²) in [5.41, 5.74) is 2.51. The Morgan fingerprint density at radius 3 is 2.59 bits per heavy atom. The van der Waals surface area contributed by atoms with Crippen LogP contribution in [0.4, 0.5) is 5.69 Å². The van der Waals surface area contributed by atoms with Crippen molar-refractivity contribution in [3.63, 3.8) is 0 Å². The van der Waals surface area contributed by atoms with Crippen molar-refractivity contribution >= 4 is 21.6 Å². The van der Waals surface area contributed by atoms with Gasteiger partial charge < -0.3 is 14.5 Å². The van der Waals surface area contributed by atoms with E-state index in [1.807, 2.05) is 0 Å². The number of nitrogens with zero attached hydrogens (tertiary/aromatic N) is 2. The minimum Gasteiger partial charge on any atom is -0.380 e. The summed E-state index contributed by atoms with van der Waals surface area (Å²) in [5.74, 6) is 0. The average Bonchev–Trinajstić information content (AvgIpc) is 2.33. The van der Waals surface area contributed by atoms with Crippen LogP contribution in [0.25, 0.3) is 0 Å². The molecule has 0 aliphatic carbocycles. The summed E-state index contributed by atoms with van der Waals surface area (Å²) >= 11 is 3.56. The molecule has 1 aliphatic rings. The number of piperazine rings is 1. The van der Waals surface area contributed by atoms with Crippen LogP contribution in [0.1, 0.15) is 5.56 Å². The summed E-state index contributed by atoms with van der Waals surface area (Å²) in [6.45, 7) is 5.13. The van der Waals surface area contributed by atoms with Gasteiger partial charge in [-0.15, -0.1) is 0 Å². The molecule has 17 heavy (non-hydrogen) atoms. The van der Waals surface area contributed by atoms with E-state index in [4.69, 9.17) is 4.74 Å². The van der Waals surface area contributed by atoms with E-state index in [1.165, 1.54) is 11.3 Å². The molecule has 0 amide bonds. The molecule has 0 radical (unpaired) electrons. The van der Waals surface area contributed by atoms with E-state index in [0.717, 1.165) is 30.7 Å². The van der Waals surface area contributed by atoms with Crippen molar-refractivity contribution < 1.29 is 4.74 Å². The molecule has 0 aromatic heterocycles. The number of likely N-dealkylation sites (N-methyl/N-ethyl adjacent to an activating group) is 1. The molecule has 0 atom stereocenters. The number of benzene rings is 1. The van der Waals surface area contributed by atoms with Crippen LogP contribution in [0.3, 0.4) is 0 Å². The van der Waals surface area contributed by atoms with Gasteiger partial charge in [0.05, 0.1) is 6.61 Å². The first-order valence-corrected chi connectivity index (χ1v) is 6.71. The monoisotopic (exact) mass is 298 g/mol. The fourth-order valence-electron chi connectivity index (χ4n) is 2.09. The number of rotatable bonds is 3. The highest BCUT2D eigenvalue weighted by molar-refractivity contribution is 9.10. The number of hydrogen-bond acceptors (Lipinski definition) is 3. The number of ether oxygens (including phenoxy) is 1. The molecule has 1 aromatic rings. The Kier molecular flexibility index (Phi) is 4.42. The maximum atomic E-state index is 5.21. The quantitative estimate of drug-likeness (QED) is 0.852.